The van der Waals surface area contributed by atoms with Gasteiger partial charge in [-0.15, -0.1) is 0 Å². The molecule has 0 atom stereocenters. The molecular formula is C16H17F2NO2. The van der Waals surface area contributed by atoms with E-state index in [-0.39, 0.29) is 19.0 Å². The SMILES string of the molecule is CNCc1cc(F)c(OCCOc2ccccc2)c(F)c1. The lowest BCUT2D eigenvalue weighted by Gasteiger charge is -2.11. The van der Waals surface area contributed by atoms with Crippen LogP contribution in [0.3, 0.4) is 0 Å². The van der Waals surface area contributed by atoms with Crippen molar-refractivity contribution in [3.05, 3.63) is 59.7 Å². The molecule has 3 nitrogen and oxygen atoms in total. The minimum Gasteiger partial charge on any atom is -0.490 e. The van der Waals surface area contributed by atoms with Gasteiger partial charge in [-0.2, -0.15) is 0 Å². The first kappa shape index (κ1) is 15.3. The van der Waals surface area contributed by atoms with Gasteiger partial charge < -0.3 is 14.8 Å². The zero-order valence-corrected chi connectivity index (χ0v) is 11.7. The van der Waals surface area contributed by atoms with Crippen molar-refractivity contribution in [1.29, 1.82) is 0 Å². The Morgan fingerprint density at radius 2 is 1.57 bits per heavy atom. The third-order valence-corrected chi connectivity index (χ3v) is 2.78. The van der Waals surface area contributed by atoms with Crippen molar-refractivity contribution in [1.82, 2.24) is 5.32 Å². The minimum atomic E-state index is -0.708. The summed E-state index contributed by atoms with van der Waals surface area (Å²) in [5, 5.41) is 2.83. The lowest BCUT2D eigenvalue weighted by molar-refractivity contribution is 0.205. The van der Waals surface area contributed by atoms with Crippen LogP contribution in [0.5, 0.6) is 11.5 Å². The molecule has 0 aliphatic rings. The van der Waals surface area contributed by atoms with E-state index in [0.29, 0.717) is 17.9 Å². The van der Waals surface area contributed by atoms with E-state index in [1.807, 2.05) is 18.2 Å². The first-order chi connectivity index (χ1) is 10.2. The lowest BCUT2D eigenvalue weighted by atomic mass is 10.2. The standard InChI is InChI=1S/C16H17F2NO2/c1-19-11-12-9-14(17)16(15(18)10-12)21-8-7-20-13-5-3-2-4-6-13/h2-6,9-10,19H,7-8,11H2,1H3. The Hall–Kier alpha value is -2.14. The molecule has 0 saturated carbocycles. The second kappa shape index (κ2) is 7.59. The van der Waals surface area contributed by atoms with Gasteiger partial charge in [0.05, 0.1) is 0 Å². The largest absolute Gasteiger partial charge is 0.490 e. The Kier molecular flexibility index (Phi) is 5.51. The van der Waals surface area contributed by atoms with E-state index in [2.05, 4.69) is 5.32 Å². The van der Waals surface area contributed by atoms with Gasteiger partial charge in [0, 0.05) is 6.54 Å². The predicted molar refractivity (Wildman–Crippen MR) is 76.6 cm³/mol. The molecular weight excluding hydrogens is 276 g/mol. The van der Waals surface area contributed by atoms with E-state index in [0.717, 1.165) is 0 Å². The van der Waals surface area contributed by atoms with E-state index in [4.69, 9.17) is 9.47 Å². The van der Waals surface area contributed by atoms with Crippen LogP contribution in [0.1, 0.15) is 5.56 Å². The van der Waals surface area contributed by atoms with Crippen LogP contribution in [-0.2, 0) is 6.54 Å². The van der Waals surface area contributed by atoms with Crippen molar-refractivity contribution < 1.29 is 18.3 Å². The summed E-state index contributed by atoms with van der Waals surface area (Å²) in [6.07, 6.45) is 0. The van der Waals surface area contributed by atoms with Crippen molar-refractivity contribution in [3.63, 3.8) is 0 Å². The Bertz CT molecular complexity index is 553. The molecule has 0 heterocycles. The molecule has 0 saturated heterocycles. The summed E-state index contributed by atoms with van der Waals surface area (Å²) in [4.78, 5) is 0. The maximum absolute atomic E-state index is 13.8. The van der Waals surface area contributed by atoms with Crippen molar-refractivity contribution in [2.45, 2.75) is 6.54 Å². The fraction of sp³-hybridized carbons (Fsp3) is 0.250. The molecule has 1 N–H and O–H groups in total. The van der Waals surface area contributed by atoms with Crippen LogP contribution >= 0.6 is 0 Å². The van der Waals surface area contributed by atoms with Gasteiger partial charge in [-0.1, -0.05) is 18.2 Å². The molecule has 21 heavy (non-hydrogen) atoms. The summed E-state index contributed by atoms with van der Waals surface area (Å²) in [5.74, 6) is -1.10. The Labute approximate surface area is 122 Å². The van der Waals surface area contributed by atoms with Crippen LogP contribution in [0.4, 0.5) is 8.78 Å². The minimum absolute atomic E-state index is 0.0636. The molecule has 112 valence electrons. The fourth-order valence-electron chi connectivity index (χ4n) is 1.88. The molecule has 2 rings (SSSR count). The molecule has 2 aromatic carbocycles. The maximum Gasteiger partial charge on any atom is 0.190 e. The number of benzene rings is 2. The highest BCUT2D eigenvalue weighted by Gasteiger charge is 2.12. The highest BCUT2D eigenvalue weighted by Crippen LogP contribution is 2.23. The number of halogens is 2. The van der Waals surface area contributed by atoms with Crippen LogP contribution in [-0.4, -0.2) is 20.3 Å². The molecule has 2 aromatic rings. The molecule has 0 aliphatic heterocycles. The van der Waals surface area contributed by atoms with E-state index < -0.39 is 11.6 Å². The summed E-state index contributed by atoms with van der Waals surface area (Å²) in [7, 11) is 1.71. The van der Waals surface area contributed by atoms with Gasteiger partial charge in [-0.05, 0) is 36.9 Å². The van der Waals surface area contributed by atoms with Gasteiger partial charge in [0.1, 0.15) is 19.0 Å². The highest BCUT2D eigenvalue weighted by molar-refractivity contribution is 5.31. The second-order valence-corrected chi connectivity index (χ2v) is 4.43. The van der Waals surface area contributed by atoms with E-state index in [1.54, 1.807) is 19.2 Å². The number of nitrogens with one attached hydrogen (secondary N) is 1. The Morgan fingerprint density at radius 3 is 2.19 bits per heavy atom. The number of hydrogen-bond donors (Lipinski definition) is 1. The second-order valence-electron chi connectivity index (χ2n) is 4.43. The van der Waals surface area contributed by atoms with E-state index in [9.17, 15) is 8.78 Å². The average molecular weight is 293 g/mol. The van der Waals surface area contributed by atoms with Crippen LogP contribution in [0.2, 0.25) is 0 Å². The normalized spacial score (nSPS) is 10.4. The van der Waals surface area contributed by atoms with Crippen molar-refractivity contribution in [3.8, 4) is 11.5 Å². The van der Waals surface area contributed by atoms with Gasteiger partial charge >= 0.3 is 0 Å². The summed E-state index contributed by atoms with van der Waals surface area (Å²) in [5.41, 5.74) is 0.528. The van der Waals surface area contributed by atoms with Crippen molar-refractivity contribution in [2.75, 3.05) is 20.3 Å². The van der Waals surface area contributed by atoms with Gasteiger partial charge in [-0.3, -0.25) is 0 Å². The van der Waals surface area contributed by atoms with Gasteiger partial charge in [0.2, 0.25) is 0 Å². The number of ether oxygens (including phenoxy) is 2. The van der Waals surface area contributed by atoms with Crippen LogP contribution in [0, 0.1) is 11.6 Å². The fourth-order valence-corrected chi connectivity index (χ4v) is 1.88. The topological polar surface area (TPSA) is 30.5 Å². The molecule has 0 spiro atoms. The van der Waals surface area contributed by atoms with Crippen molar-refractivity contribution >= 4 is 0 Å². The van der Waals surface area contributed by atoms with Crippen LogP contribution < -0.4 is 14.8 Å². The van der Waals surface area contributed by atoms with E-state index >= 15 is 0 Å². The van der Waals surface area contributed by atoms with Gasteiger partial charge in [0.25, 0.3) is 0 Å². The molecule has 5 heteroatoms. The molecule has 0 radical (unpaired) electrons. The Morgan fingerprint density at radius 1 is 0.952 bits per heavy atom. The summed E-state index contributed by atoms with van der Waals surface area (Å²) >= 11 is 0. The number of hydrogen-bond acceptors (Lipinski definition) is 3. The Balaban J connectivity index is 1.88. The zero-order chi connectivity index (χ0) is 15.1. The lowest BCUT2D eigenvalue weighted by Crippen LogP contribution is -2.11. The highest BCUT2D eigenvalue weighted by atomic mass is 19.1. The van der Waals surface area contributed by atoms with E-state index in [1.165, 1.54) is 12.1 Å². The summed E-state index contributed by atoms with van der Waals surface area (Å²) in [6.45, 7) is 0.667. The van der Waals surface area contributed by atoms with Gasteiger partial charge in [-0.25, -0.2) is 8.78 Å². The molecule has 0 bridgehead atoms. The monoisotopic (exact) mass is 293 g/mol. The first-order valence-electron chi connectivity index (χ1n) is 6.64. The molecule has 0 amide bonds. The maximum atomic E-state index is 13.8. The summed E-state index contributed by atoms with van der Waals surface area (Å²) < 4.78 is 38.0. The molecule has 0 unspecified atom stereocenters. The smallest absolute Gasteiger partial charge is 0.190 e. The zero-order valence-electron chi connectivity index (χ0n) is 11.7. The van der Waals surface area contributed by atoms with Crippen molar-refractivity contribution in [2.24, 2.45) is 0 Å². The van der Waals surface area contributed by atoms with Crippen LogP contribution in [0.15, 0.2) is 42.5 Å². The third-order valence-electron chi connectivity index (χ3n) is 2.78. The third kappa shape index (κ3) is 4.43. The summed E-state index contributed by atoms with van der Waals surface area (Å²) in [6, 6.07) is 11.7. The molecule has 0 fully saturated rings. The van der Waals surface area contributed by atoms with Crippen LogP contribution in [0.25, 0.3) is 0 Å². The predicted octanol–water partition coefficient (Wildman–Crippen LogP) is 3.14. The first-order valence-corrected chi connectivity index (χ1v) is 6.64. The molecule has 0 aromatic heterocycles. The number of rotatable bonds is 7. The number of para-hydroxylation sites is 1. The van der Waals surface area contributed by atoms with Gasteiger partial charge in [0.15, 0.2) is 17.4 Å². The quantitative estimate of drug-likeness (QED) is 0.796. The molecule has 0 aliphatic carbocycles. The average Bonchev–Trinajstić information content (AvgIpc) is 2.47.